The fourth-order valence-corrected chi connectivity index (χ4v) is 2.15. The molecule has 0 aliphatic heterocycles. The van der Waals surface area contributed by atoms with Gasteiger partial charge in [-0.15, -0.1) is 0 Å². The van der Waals surface area contributed by atoms with Crippen molar-refractivity contribution in [3.8, 4) is 5.75 Å². The molecule has 0 radical (unpaired) electrons. The molecular formula is C16H16FN5O2. The lowest BCUT2D eigenvalue weighted by molar-refractivity contribution is 0.146. The van der Waals surface area contributed by atoms with E-state index in [-0.39, 0.29) is 5.39 Å². The molecule has 0 saturated carbocycles. The monoisotopic (exact) mass is 329 g/mol. The zero-order valence-electron chi connectivity index (χ0n) is 13.0. The van der Waals surface area contributed by atoms with Crippen LogP contribution in [0.5, 0.6) is 5.75 Å². The molecule has 3 N–H and O–H groups in total. The molecule has 0 aliphatic rings. The minimum absolute atomic E-state index is 0.272. The van der Waals surface area contributed by atoms with E-state index in [0.717, 1.165) is 0 Å². The van der Waals surface area contributed by atoms with Gasteiger partial charge < -0.3 is 20.5 Å². The molecular weight excluding hydrogens is 313 g/mol. The van der Waals surface area contributed by atoms with Crippen molar-refractivity contribution in [2.45, 2.75) is 0 Å². The second kappa shape index (κ2) is 7.05. The standard InChI is InChI=1S/C16H16FN5O2/c1-23-4-5-24-11-6-12(17)15-13(7-11)20-9-21-16(15)22-10-2-3-14(18)19-8-10/h2-3,6-9H,4-5H2,1H3,(H2,18,19)(H,20,21,22). The molecule has 0 fully saturated rings. The number of halogens is 1. The Morgan fingerprint density at radius 1 is 1.17 bits per heavy atom. The molecule has 0 atom stereocenters. The Bertz CT molecular complexity index is 842. The van der Waals surface area contributed by atoms with Crippen LogP contribution in [0.2, 0.25) is 0 Å². The van der Waals surface area contributed by atoms with Crippen molar-refractivity contribution in [3.63, 3.8) is 0 Å². The second-order valence-electron chi connectivity index (χ2n) is 4.96. The van der Waals surface area contributed by atoms with Crippen LogP contribution < -0.4 is 15.8 Å². The Morgan fingerprint density at radius 2 is 2.04 bits per heavy atom. The number of aromatic nitrogens is 3. The molecule has 0 unspecified atom stereocenters. The number of ether oxygens (including phenoxy) is 2. The molecule has 0 amide bonds. The summed E-state index contributed by atoms with van der Waals surface area (Å²) in [5, 5.41) is 3.29. The number of hydrogen-bond acceptors (Lipinski definition) is 7. The molecule has 2 aromatic heterocycles. The lowest BCUT2D eigenvalue weighted by Crippen LogP contribution is -2.05. The Hall–Kier alpha value is -3.00. The van der Waals surface area contributed by atoms with Gasteiger partial charge in [-0.2, -0.15) is 0 Å². The first-order chi connectivity index (χ1) is 11.7. The summed E-state index contributed by atoms with van der Waals surface area (Å²) in [7, 11) is 1.57. The van der Waals surface area contributed by atoms with Crippen molar-refractivity contribution in [1.82, 2.24) is 15.0 Å². The van der Waals surface area contributed by atoms with E-state index in [1.54, 1.807) is 31.5 Å². The maximum Gasteiger partial charge on any atom is 0.144 e. The van der Waals surface area contributed by atoms with Gasteiger partial charge in [-0.25, -0.2) is 19.3 Å². The fourth-order valence-electron chi connectivity index (χ4n) is 2.15. The van der Waals surface area contributed by atoms with Crippen LogP contribution in [0.3, 0.4) is 0 Å². The number of fused-ring (bicyclic) bond motifs is 1. The third kappa shape index (κ3) is 3.49. The highest BCUT2D eigenvalue weighted by atomic mass is 19.1. The number of rotatable bonds is 6. The van der Waals surface area contributed by atoms with Gasteiger partial charge in [-0.1, -0.05) is 0 Å². The van der Waals surface area contributed by atoms with Crippen LogP contribution in [0, 0.1) is 5.82 Å². The lowest BCUT2D eigenvalue weighted by Gasteiger charge is -2.11. The van der Waals surface area contributed by atoms with E-state index in [9.17, 15) is 4.39 Å². The predicted molar refractivity (Wildman–Crippen MR) is 88.8 cm³/mol. The van der Waals surface area contributed by atoms with Gasteiger partial charge in [-0.05, 0) is 12.1 Å². The summed E-state index contributed by atoms with van der Waals surface area (Å²) in [6.45, 7) is 0.745. The number of nitrogens with zero attached hydrogens (tertiary/aromatic N) is 3. The average Bonchev–Trinajstić information content (AvgIpc) is 2.57. The first-order valence-corrected chi connectivity index (χ1v) is 7.22. The van der Waals surface area contributed by atoms with E-state index >= 15 is 0 Å². The maximum atomic E-state index is 14.5. The summed E-state index contributed by atoms with van der Waals surface area (Å²) < 4.78 is 24.9. The van der Waals surface area contributed by atoms with Crippen LogP contribution in [-0.2, 0) is 4.74 Å². The van der Waals surface area contributed by atoms with Gasteiger partial charge in [0.2, 0.25) is 0 Å². The first-order valence-electron chi connectivity index (χ1n) is 7.22. The number of anilines is 3. The van der Waals surface area contributed by atoms with Crippen molar-refractivity contribution in [3.05, 3.63) is 42.6 Å². The minimum Gasteiger partial charge on any atom is -0.491 e. The average molecular weight is 329 g/mol. The van der Waals surface area contributed by atoms with Gasteiger partial charge in [0.25, 0.3) is 0 Å². The fraction of sp³-hybridized carbons (Fsp3) is 0.188. The number of nitrogens with one attached hydrogen (secondary N) is 1. The van der Waals surface area contributed by atoms with Crippen LogP contribution in [0.1, 0.15) is 0 Å². The minimum atomic E-state index is -0.480. The van der Waals surface area contributed by atoms with Crippen molar-refractivity contribution < 1.29 is 13.9 Å². The number of methoxy groups -OCH3 is 1. The highest BCUT2D eigenvalue weighted by Crippen LogP contribution is 2.29. The van der Waals surface area contributed by atoms with Crippen LogP contribution in [-0.4, -0.2) is 35.3 Å². The Kier molecular flexibility index (Phi) is 4.66. The maximum absolute atomic E-state index is 14.5. The van der Waals surface area contributed by atoms with Crippen molar-refractivity contribution >= 4 is 28.2 Å². The SMILES string of the molecule is COCCOc1cc(F)c2c(Nc3ccc(N)nc3)ncnc2c1. The van der Waals surface area contributed by atoms with Gasteiger partial charge in [0.05, 0.1) is 29.4 Å². The predicted octanol–water partition coefficient (Wildman–Crippen LogP) is 2.51. The van der Waals surface area contributed by atoms with Crippen LogP contribution in [0.15, 0.2) is 36.8 Å². The summed E-state index contributed by atoms with van der Waals surface area (Å²) in [5.74, 6) is 0.645. The van der Waals surface area contributed by atoms with Gasteiger partial charge in [0.15, 0.2) is 0 Å². The van der Waals surface area contributed by atoms with Gasteiger partial charge in [0.1, 0.15) is 36.1 Å². The number of benzene rings is 1. The Labute approximate surface area is 137 Å². The summed E-state index contributed by atoms with van der Waals surface area (Å²) >= 11 is 0. The smallest absolute Gasteiger partial charge is 0.144 e. The molecule has 1 aromatic carbocycles. The van der Waals surface area contributed by atoms with E-state index in [1.165, 1.54) is 12.4 Å². The first kappa shape index (κ1) is 15.9. The highest BCUT2D eigenvalue weighted by molar-refractivity contribution is 5.92. The van der Waals surface area contributed by atoms with Crippen molar-refractivity contribution in [2.24, 2.45) is 0 Å². The Balaban J connectivity index is 1.93. The summed E-state index contributed by atoms with van der Waals surface area (Å²) in [6.07, 6.45) is 2.90. The van der Waals surface area contributed by atoms with Gasteiger partial charge in [0, 0.05) is 19.2 Å². The summed E-state index contributed by atoms with van der Waals surface area (Å²) in [6, 6.07) is 6.33. The van der Waals surface area contributed by atoms with Gasteiger partial charge >= 0.3 is 0 Å². The molecule has 0 saturated heterocycles. The van der Waals surface area contributed by atoms with Crippen LogP contribution in [0.4, 0.5) is 21.7 Å². The molecule has 3 aromatic rings. The summed E-state index contributed by atoms with van der Waals surface area (Å²) in [4.78, 5) is 12.2. The second-order valence-corrected chi connectivity index (χ2v) is 4.96. The third-order valence-corrected chi connectivity index (χ3v) is 3.27. The molecule has 0 bridgehead atoms. The molecule has 0 spiro atoms. The number of nitrogens with two attached hydrogens (primary N) is 1. The van der Waals surface area contributed by atoms with Crippen molar-refractivity contribution in [1.29, 1.82) is 0 Å². The molecule has 7 nitrogen and oxygen atoms in total. The normalized spacial score (nSPS) is 10.8. The number of pyridine rings is 1. The molecule has 2 heterocycles. The van der Waals surface area contributed by atoms with Crippen molar-refractivity contribution in [2.75, 3.05) is 31.4 Å². The van der Waals surface area contributed by atoms with Crippen LogP contribution >= 0.6 is 0 Å². The van der Waals surface area contributed by atoms with Gasteiger partial charge in [-0.3, -0.25) is 0 Å². The van der Waals surface area contributed by atoms with Crippen LogP contribution in [0.25, 0.3) is 10.9 Å². The third-order valence-electron chi connectivity index (χ3n) is 3.27. The molecule has 8 heteroatoms. The zero-order chi connectivity index (χ0) is 16.9. The number of nitrogen functional groups attached to an aromatic ring is 1. The molecule has 3 rings (SSSR count). The lowest BCUT2D eigenvalue weighted by atomic mass is 10.2. The number of hydrogen-bond donors (Lipinski definition) is 2. The molecule has 124 valence electrons. The quantitative estimate of drug-likeness (QED) is 0.671. The molecule has 24 heavy (non-hydrogen) atoms. The summed E-state index contributed by atoms with van der Waals surface area (Å²) in [5.41, 5.74) is 6.63. The largest absolute Gasteiger partial charge is 0.491 e. The van der Waals surface area contributed by atoms with E-state index < -0.39 is 5.82 Å². The topological polar surface area (TPSA) is 95.2 Å². The zero-order valence-corrected chi connectivity index (χ0v) is 13.0. The van der Waals surface area contributed by atoms with E-state index in [2.05, 4.69) is 20.3 Å². The Morgan fingerprint density at radius 3 is 2.79 bits per heavy atom. The molecule has 0 aliphatic carbocycles. The highest BCUT2D eigenvalue weighted by Gasteiger charge is 2.12. The van der Waals surface area contributed by atoms with E-state index in [1.807, 2.05) is 0 Å². The van der Waals surface area contributed by atoms with E-state index in [4.69, 9.17) is 15.2 Å². The van der Waals surface area contributed by atoms with E-state index in [0.29, 0.717) is 41.8 Å².